The Labute approximate surface area is 354 Å². The number of amides is 1. The van der Waals surface area contributed by atoms with Crippen molar-refractivity contribution in [3.05, 3.63) is 24.3 Å². The predicted molar refractivity (Wildman–Crippen MR) is 242 cm³/mol. The molecule has 0 radical (unpaired) electrons. The van der Waals surface area contributed by atoms with Crippen LogP contribution in [0.5, 0.6) is 0 Å². The fraction of sp³-hybridized carbons (Fsp3) is 0.896. The van der Waals surface area contributed by atoms with Gasteiger partial charge in [-0.05, 0) is 32.1 Å². The third kappa shape index (κ3) is 42.9. The average molecular weight is 827 g/mol. The van der Waals surface area contributed by atoms with Crippen LogP contribution in [0.1, 0.15) is 226 Å². The summed E-state index contributed by atoms with van der Waals surface area (Å²) in [4.78, 5) is 25.3. The second kappa shape index (κ2) is 40.4. The minimum absolute atomic E-state index is 0.00417. The second-order valence-corrected chi connectivity index (χ2v) is 19.2. The molecule has 0 bridgehead atoms. The molecule has 9 heteroatoms. The van der Waals surface area contributed by atoms with Gasteiger partial charge in [-0.3, -0.25) is 9.36 Å². The van der Waals surface area contributed by atoms with Crippen molar-refractivity contribution in [1.29, 1.82) is 0 Å². The number of carbonyl (C=O) groups is 1. The van der Waals surface area contributed by atoms with Gasteiger partial charge in [0.25, 0.3) is 7.82 Å². The van der Waals surface area contributed by atoms with Crippen molar-refractivity contribution < 1.29 is 32.9 Å². The molecule has 3 unspecified atom stereocenters. The molecule has 57 heavy (non-hydrogen) atoms. The first-order valence-electron chi connectivity index (χ1n) is 24.2. The zero-order valence-electron chi connectivity index (χ0n) is 38.3. The molecule has 1 amide bonds. The summed E-state index contributed by atoms with van der Waals surface area (Å²) in [6.45, 7) is 4.64. The summed E-state index contributed by atoms with van der Waals surface area (Å²) < 4.78 is 23.2. The zero-order valence-corrected chi connectivity index (χ0v) is 39.2. The van der Waals surface area contributed by atoms with Gasteiger partial charge in [-0.1, -0.05) is 212 Å². The van der Waals surface area contributed by atoms with E-state index in [9.17, 15) is 19.4 Å². The van der Waals surface area contributed by atoms with E-state index in [1.165, 1.54) is 167 Å². The summed E-state index contributed by atoms with van der Waals surface area (Å²) in [5.74, 6) is -0.204. The lowest BCUT2D eigenvalue weighted by Crippen LogP contribution is -2.45. The van der Waals surface area contributed by atoms with Crippen LogP contribution in [0.3, 0.4) is 0 Å². The van der Waals surface area contributed by atoms with Crippen LogP contribution < -0.4 is 10.2 Å². The van der Waals surface area contributed by atoms with E-state index in [0.29, 0.717) is 17.4 Å². The largest absolute Gasteiger partial charge is 0.756 e. The molecule has 8 nitrogen and oxygen atoms in total. The molecule has 0 aliphatic rings. The Hall–Kier alpha value is -1.02. The highest BCUT2D eigenvalue weighted by atomic mass is 31.2. The van der Waals surface area contributed by atoms with Crippen molar-refractivity contribution >= 4 is 13.7 Å². The minimum atomic E-state index is -4.59. The Morgan fingerprint density at radius 3 is 1.42 bits per heavy atom. The van der Waals surface area contributed by atoms with Gasteiger partial charge in [0.1, 0.15) is 13.2 Å². The van der Waals surface area contributed by atoms with Crippen molar-refractivity contribution in [3.63, 3.8) is 0 Å². The zero-order chi connectivity index (χ0) is 42.1. The van der Waals surface area contributed by atoms with Crippen molar-refractivity contribution in [1.82, 2.24) is 5.32 Å². The Morgan fingerprint density at radius 2 is 0.982 bits per heavy atom. The van der Waals surface area contributed by atoms with Gasteiger partial charge in [0.2, 0.25) is 5.91 Å². The molecule has 0 aromatic carbocycles. The smallest absolute Gasteiger partial charge is 0.268 e. The fourth-order valence-electron chi connectivity index (χ4n) is 7.05. The van der Waals surface area contributed by atoms with Crippen LogP contribution in [-0.4, -0.2) is 68.5 Å². The molecular weight excluding hydrogens is 732 g/mol. The van der Waals surface area contributed by atoms with E-state index in [0.717, 1.165) is 38.5 Å². The fourth-order valence-corrected chi connectivity index (χ4v) is 7.77. The highest BCUT2D eigenvalue weighted by molar-refractivity contribution is 7.45. The molecule has 3 atom stereocenters. The molecule has 0 aliphatic carbocycles. The van der Waals surface area contributed by atoms with E-state index >= 15 is 0 Å². The van der Waals surface area contributed by atoms with Gasteiger partial charge in [0.05, 0.1) is 39.9 Å². The standard InChI is InChI=1S/C48H95N2O6P/c1-6-8-10-12-14-16-18-20-22-23-24-25-26-27-28-30-32-34-36-38-40-42-48(52)49-46(45-56-57(53,54)55-44-43-50(3,4)5)47(51)41-39-37-35-33-31-29-21-19-17-15-13-11-9-7-2/h31,33,39,41,46-47,51H,6-30,32,34-38,40,42-45H2,1-5H3,(H-,49,52,53,54)/b33-31+,41-39+. The molecule has 2 N–H and O–H groups in total. The molecule has 0 aromatic heterocycles. The van der Waals surface area contributed by atoms with Crippen LogP contribution in [0.4, 0.5) is 0 Å². The molecule has 0 fully saturated rings. The molecule has 0 aromatic rings. The number of nitrogens with zero attached hydrogens (tertiary/aromatic N) is 1. The van der Waals surface area contributed by atoms with Crippen molar-refractivity contribution in [2.24, 2.45) is 0 Å². The Balaban J connectivity index is 4.31. The average Bonchev–Trinajstić information content (AvgIpc) is 3.16. The summed E-state index contributed by atoms with van der Waals surface area (Å²) in [5, 5.41) is 13.8. The monoisotopic (exact) mass is 827 g/mol. The molecule has 0 rings (SSSR count). The molecule has 0 aliphatic heterocycles. The lowest BCUT2D eigenvalue weighted by atomic mass is 10.0. The van der Waals surface area contributed by atoms with Crippen LogP contribution >= 0.6 is 7.82 Å². The van der Waals surface area contributed by atoms with Crippen molar-refractivity contribution in [3.8, 4) is 0 Å². The SMILES string of the molecule is CCCCCCCCCC/C=C/CC/C=C/C(O)C(COP(=O)([O-])OCC[N+](C)(C)C)NC(=O)CCCCCCCCCCCCCCCCCCCCCCC. The minimum Gasteiger partial charge on any atom is -0.756 e. The van der Waals surface area contributed by atoms with Gasteiger partial charge in [-0.2, -0.15) is 0 Å². The highest BCUT2D eigenvalue weighted by Gasteiger charge is 2.23. The number of allylic oxidation sites excluding steroid dienone is 3. The second-order valence-electron chi connectivity index (χ2n) is 17.8. The van der Waals surface area contributed by atoms with Crippen molar-refractivity contribution in [2.75, 3.05) is 40.9 Å². The number of carbonyl (C=O) groups excluding carboxylic acids is 1. The van der Waals surface area contributed by atoms with Crippen LogP contribution in [-0.2, 0) is 18.4 Å². The molecule has 0 heterocycles. The van der Waals surface area contributed by atoms with Crippen LogP contribution in [0, 0.1) is 0 Å². The molecular formula is C48H95N2O6P. The number of unbranched alkanes of at least 4 members (excludes halogenated alkanes) is 29. The lowest BCUT2D eigenvalue weighted by Gasteiger charge is -2.29. The Morgan fingerprint density at radius 1 is 0.596 bits per heavy atom. The maximum Gasteiger partial charge on any atom is 0.268 e. The molecule has 0 saturated carbocycles. The van der Waals surface area contributed by atoms with E-state index in [1.54, 1.807) is 6.08 Å². The summed E-state index contributed by atoms with van der Waals surface area (Å²) >= 11 is 0. The third-order valence-corrected chi connectivity index (χ3v) is 11.9. The lowest BCUT2D eigenvalue weighted by molar-refractivity contribution is -0.870. The van der Waals surface area contributed by atoms with Gasteiger partial charge in [0, 0.05) is 6.42 Å². The summed E-state index contributed by atoms with van der Waals surface area (Å²) in [7, 11) is 1.25. The number of hydrogen-bond donors (Lipinski definition) is 2. The van der Waals surface area contributed by atoms with E-state index in [2.05, 4.69) is 31.3 Å². The molecule has 0 spiro atoms. The number of hydrogen-bond acceptors (Lipinski definition) is 6. The van der Waals surface area contributed by atoms with Crippen LogP contribution in [0.15, 0.2) is 24.3 Å². The summed E-state index contributed by atoms with van der Waals surface area (Å²) in [6.07, 6.45) is 48.0. The van der Waals surface area contributed by atoms with Crippen LogP contribution in [0.2, 0.25) is 0 Å². The number of nitrogens with one attached hydrogen (secondary N) is 1. The number of phosphoric ester groups is 1. The van der Waals surface area contributed by atoms with Gasteiger partial charge >= 0.3 is 0 Å². The number of quaternary nitrogens is 1. The number of rotatable bonds is 44. The topological polar surface area (TPSA) is 108 Å². The van der Waals surface area contributed by atoms with Gasteiger partial charge in [-0.25, -0.2) is 0 Å². The number of likely N-dealkylation sites (N-methyl/N-ethyl adjacent to an activating group) is 1. The first-order chi connectivity index (χ1) is 27.5. The quantitative estimate of drug-likeness (QED) is 0.0274. The number of phosphoric acid groups is 1. The maximum atomic E-state index is 12.9. The first-order valence-corrected chi connectivity index (χ1v) is 25.7. The third-order valence-electron chi connectivity index (χ3n) is 10.9. The van der Waals surface area contributed by atoms with Gasteiger partial charge in [-0.15, -0.1) is 0 Å². The van der Waals surface area contributed by atoms with E-state index in [1.807, 2.05) is 27.2 Å². The number of aliphatic hydroxyl groups is 1. The van der Waals surface area contributed by atoms with E-state index in [-0.39, 0.29) is 19.1 Å². The Kier molecular flexibility index (Phi) is 39.7. The van der Waals surface area contributed by atoms with Gasteiger partial charge < -0.3 is 28.8 Å². The maximum absolute atomic E-state index is 12.9. The molecule has 338 valence electrons. The first kappa shape index (κ1) is 56.0. The van der Waals surface area contributed by atoms with E-state index in [4.69, 9.17) is 9.05 Å². The predicted octanol–water partition coefficient (Wildman–Crippen LogP) is 13.1. The Bertz CT molecular complexity index is 984. The summed E-state index contributed by atoms with van der Waals surface area (Å²) in [6, 6.07) is -0.898. The summed E-state index contributed by atoms with van der Waals surface area (Å²) in [5.41, 5.74) is 0. The van der Waals surface area contributed by atoms with E-state index < -0.39 is 20.0 Å². The van der Waals surface area contributed by atoms with Crippen LogP contribution in [0.25, 0.3) is 0 Å². The normalized spacial score (nSPS) is 14.4. The number of aliphatic hydroxyl groups excluding tert-OH is 1. The molecule has 0 saturated heterocycles. The highest BCUT2D eigenvalue weighted by Crippen LogP contribution is 2.38. The van der Waals surface area contributed by atoms with Crippen molar-refractivity contribution in [2.45, 2.75) is 238 Å². The van der Waals surface area contributed by atoms with Gasteiger partial charge in [0.15, 0.2) is 0 Å².